The van der Waals surface area contributed by atoms with Crippen molar-refractivity contribution < 1.29 is 9.47 Å². The molecular weight excluding hydrogens is 326 g/mol. The van der Waals surface area contributed by atoms with Crippen LogP contribution < -0.4 is 9.47 Å². The average Bonchev–Trinajstić information content (AvgIpc) is 3.03. The molecule has 0 amide bonds. The van der Waals surface area contributed by atoms with Gasteiger partial charge in [0.1, 0.15) is 5.82 Å². The van der Waals surface area contributed by atoms with Crippen molar-refractivity contribution in [2.45, 2.75) is 19.9 Å². The van der Waals surface area contributed by atoms with Crippen molar-refractivity contribution >= 4 is 6.08 Å². The first-order chi connectivity index (χ1) is 12.7. The van der Waals surface area contributed by atoms with E-state index in [2.05, 4.69) is 34.3 Å². The molecule has 0 saturated carbocycles. The van der Waals surface area contributed by atoms with E-state index in [0.29, 0.717) is 0 Å². The summed E-state index contributed by atoms with van der Waals surface area (Å²) >= 11 is 0. The lowest BCUT2D eigenvalue weighted by molar-refractivity contribution is 0.354. The SMILES string of the molecule is C=Cc1cncc(-c2nc(C)n3c2-c2cc(OC)c(OC)cc2CC3)c1. The molecule has 1 aliphatic rings. The van der Waals surface area contributed by atoms with Gasteiger partial charge < -0.3 is 14.0 Å². The Kier molecular flexibility index (Phi) is 3.99. The smallest absolute Gasteiger partial charge is 0.161 e. The molecule has 0 N–H and O–H groups in total. The fourth-order valence-corrected chi connectivity index (χ4v) is 3.59. The minimum atomic E-state index is 0.725. The molecule has 3 aromatic rings. The molecule has 0 aliphatic carbocycles. The number of pyridine rings is 1. The topological polar surface area (TPSA) is 49.2 Å². The highest BCUT2D eigenvalue weighted by atomic mass is 16.5. The first-order valence-electron chi connectivity index (χ1n) is 8.56. The summed E-state index contributed by atoms with van der Waals surface area (Å²) in [5.74, 6) is 2.48. The molecule has 0 bridgehead atoms. The third-order valence-corrected chi connectivity index (χ3v) is 4.90. The Hall–Kier alpha value is -3.08. The van der Waals surface area contributed by atoms with Crippen LogP contribution in [0.2, 0.25) is 0 Å². The van der Waals surface area contributed by atoms with E-state index in [4.69, 9.17) is 14.5 Å². The molecule has 0 saturated heterocycles. The van der Waals surface area contributed by atoms with Gasteiger partial charge in [0, 0.05) is 30.1 Å². The summed E-state index contributed by atoms with van der Waals surface area (Å²) in [4.78, 5) is 9.19. The number of methoxy groups -OCH3 is 2. The molecule has 26 heavy (non-hydrogen) atoms. The fraction of sp³-hybridized carbons (Fsp3) is 0.238. The van der Waals surface area contributed by atoms with Crippen molar-refractivity contribution in [1.29, 1.82) is 0 Å². The van der Waals surface area contributed by atoms with E-state index < -0.39 is 0 Å². The molecule has 132 valence electrons. The number of imidazole rings is 1. The zero-order valence-electron chi connectivity index (χ0n) is 15.2. The highest BCUT2D eigenvalue weighted by Gasteiger charge is 2.26. The summed E-state index contributed by atoms with van der Waals surface area (Å²) in [6.45, 7) is 6.78. The number of hydrogen-bond donors (Lipinski definition) is 0. The first kappa shape index (κ1) is 16.4. The van der Waals surface area contributed by atoms with Gasteiger partial charge in [-0.05, 0) is 42.7 Å². The summed E-state index contributed by atoms with van der Waals surface area (Å²) < 4.78 is 13.3. The molecule has 1 aliphatic heterocycles. The molecule has 4 rings (SSSR count). The Morgan fingerprint density at radius 1 is 1.12 bits per heavy atom. The van der Waals surface area contributed by atoms with Crippen molar-refractivity contribution in [3.05, 3.63) is 54.1 Å². The standard InChI is InChI=1S/C21H21N3O2/c1-5-14-8-16(12-22-11-14)20-21-17-10-19(26-4)18(25-3)9-15(17)6-7-24(21)13(2)23-20/h5,8-12H,1,6-7H2,2-4H3. The molecule has 5 heteroatoms. The van der Waals surface area contributed by atoms with Crippen molar-refractivity contribution in [1.82, 2.24) is 14.5 Å². The Balaban J connectivity index is 1.97. The Labute approximate surface area is 152 Å². The third-order valence-electron chi connectivity index (χ3n) is 4.90. The largest absolute Gasteiger partial charge is 0.493 e. The van der Waals surface area contributed by atoms with Gasteiger partial charge in [-0.2, -0.15) is 0 Å². The van der Waals surface area contributed by atoms with Crippen LogP contribution >= 0.6 is 0 Å². The monoisotopic (exact) mass is 347 g/mol. The summed E-state index contributed by atoms with van der Waals surface area (Å²) in [6, 6.07) is 6.19. The van der Waals surface area contributed by atoms with Crippen LogP contribution in [-0.4, -0.2) is 28.8 Å². The lowest BCUT2D eigenvalue weighted by atomic mass is 9.94. The summed E-state index contributed by atoms with van der Waals surface area (Å²) in [5, 5.41) is 0. The van der Waals surface area contributed by atoms with Crippen LogP contribution in [-0.2, 0) is 13.0 Å². The first-order valence-corrected chi connectivity index (χ1v) is 8.56. The molecule has 0 atom stereocenters. The van der Waals surface area contributed by atoms with Gasteiger partial charge >= 0.3 is 0 Å². The van der Waals surface area contributed by atoms with Crippen LogP contribution in [0.4, 0.5) is 0 Å². The van der Waals surface area contributed by atoms with Crippen molar-refractivity contribution in [2.24, 2.45) is 0 Å². The second kappa shape index (κ2) is 6.33. The van der Waals surface area contributed by atoms with E-state index in [1.807, 2.05) is 13.1 Å². The molecule has 0 unspecified atom stereocenters. The van der Waals surface area contributed by atoms with Crippen LogP contribution in [0.15, 0.2) is 37.2 Å². The van der Waals surface area contributed by atoms with Gasteiger partial charge in [-0.3, -0.25) is 4.98 Å². The summed E-state index contributed by atoms with van der Waals surface area (Å²) in [6.07, 6.45) is 6.39. The van der Waals surface area contributed by atoms with E-state index >= 15 is 0 Å². The number of rotatable bonds is 4. The van der Waals surface area contributed by atoms with Crippen molar-refractivity contribution in [2.75, 3.05) is 14.2 Å². The molecule has 3 heterocycles. The normalized spacial score (nSPS) is 12.3. The van der Waals surface area contributed by atoms with Gasteiger partial charge in [0.15, 0.2) is 11.5 Å². The maximum Gasteiger partial charge on any atom is 0.161 e. The van der Waals surface area contributed by atoms with Gasteiger partial charge in [0.05, 0.1) is 25.6 Å². The maximum atomic E-state index is 5.53. The quantitative estimate of drug-likeness (QED) is 0.712. The van der Waals surface area contributed by atoms with Gasteiger partial charge in [-0.15, -0.1) is 0 Å². The molecular formula is C21H21N3O2. The Bertz CT molecular complexity index is 1000. The second-order valence-electron chi connectivity index (χ2n) is 6.33. The predicted molar refractivity (Wildman–Crippen MR) is 103 cm³/mol. The average molecular weight is 347 g/mol. The van der Waals surface area contributed by atoms with E-state index in [1.54, 1.807) is 26.5 Å². The molecule has 0 fully saturated rings. The zero-order valence-corrected chi connectivity index (χ0v) is 15.2. The number of aryl methyl sites for hydroxylation is 2. The molecule has 0 radical (unpaired) electrons. The van der Waals surface area contributed by atoms with Gasteiger partial charge in [0.25, 0.3) is 0 Å². The van der Waals surface area contributed by atoms with Crippen LogP contribution in [0.5, 0.6) is 11.5 Å². The van der Waals surface area contributed by atoms with E-state index in [1.165, 1.54) is 5.56 Å². The van der Waals surface area contributed by atoms with Crippen LogP contribution in [0, 0.1) is 6.92 Å². The second-order valence-corrected chi connectivity index (χ2v) is 6.33. The van der Waals surface area contributed by atoms with Crippen molar-refractivity contribution in [3.8, 4) is 34.0 Å². The van der Waals surface area contributed by atoms with E-state index in [9.17, 15) is 0 Å². The van der Waals surface area contributed by atoms with E-state index in [0.717, 1.165) is 58.4 Å². The minimum Gasteiger partial charge on any atom is -0.493 e. The summed E-state index contributed by atoms with van der Waals surface area (Å²) in [7, 11) is 3.33. The third kappa shape index (κ3) is 2.47. The number of nitrogens with zero attached hydrogens (tertiary/aromatic N) is 3. The number of fused-ring (bicyclic) bond motifs is 3. The lowest BCUT2D eigenvalue weighted by Crippen LogP contribution is -2.12. The van der Waals surface area contributed by atoms with Gasteiger partial charge in [-0.25, -0.2) is 4.98 Å². The highest BCUT2D eigenvalue weighted by Crippen LogP contribution is 2.42. The molecule has 0 spiro atoms. The number of hydrogen-bond acceptors (Lipinski definition) is 4. The lowest BCUT2D eigenvalue weighted by Gasteiger charge is -2.22. The van der Waals surface area contributed by atoms with Crippen molar-refractivity contribution in [3.63, 3.8) is 0 Å². The molecule has 1 aromatic carbocycles. The highest BCUT2D eigenvalue weighted by molar-refractivity contribution is 5.83. The fourth-order valence-electron chi connectivity index (χ4n) is 3.59. The van der Waals surface area contributed by atoms with E-state index in [-0.39, 0.29) is 0 Å². The number of ether oxygens (including phenoxy) is 2. The predicted octanol–water partition coefficient (Wildman–Crippen LogP) is 4.14. The molecule has 5 nitrogen and oxygen atoms in total. The van der Waals surface area contributed by atoms with Gasteiger partial charge in [-0.1, -0.05) is 12.7 Å². The zero-order chi connectivity index (χ0) is 18.3. The van der Waals surface area contributed by atoms with Crippen LogP contribution in [0.3, 0.4) is 0 Å². The van der Waals surface area contributed by atoms with Crippen LogP contribution in [0.25, 0.3) is 28.6 Å². The maximum absolute atomic E-state index is 5.53. The van der Waals surface area contributed by atoms with Gasteiger partial charge in [0.2, 0.25) is 0 Å². The Morgan fingerprint density at radius 2 is 1.88 bits per heavy atom. The summed E-state index contributed by atoms with van der Waals surface area (Å²) in [5.41, 5.74) is 6.38. The Morgan fingerprint density at radius 3 is 2.62 bits per heavy atom. The minimum absolute atomic E-state index is 0.725. The molecule has 2 aromatic heterocycles. The van der Waals surface area contributed by atoms with Crippen LogP contribution in [0.1, 0.15) is 17.0 Å². The number of aromatic nitrogens is 3. The number of benzene rings is 1.